The van der Waals surface area contributed by atoms with Crippen LogP contribution >= 0.6 is 11.3 Å². The number of nitrogens with zero attached hydrogens (tertiary/aromatic N) is 4. The number of benzene rings is 1. The molecule has 44 heavy (non-hydrogen) atoms. The molecule has 0 spiro atoms. The van der Waals surface area contributed by atoms with Crippen LogP contribution in [0.4, 0.5) is 5.69 Å². The van der Waals surface area contributed by atoms with Crippen molar-refractivity contribution in [3.63, 3.8) is 0 Å². The van der Waals surface area contributed by atoms with Crippen LogP contribution in [0.5, 0.6) is 0 Å². The van der Waals surface area contributed by atoms with Crippen molar-refractivity contribution in [3.8, 4) is 10.4 Å². The second kappa shape index (κ2) is 13.1. The van der Waals surface area contributed by atoms with Gasteiger partial charge in [0.05, 0.1) is 29.7 Å². The van der Waals surface area contributed by atoms with Gasteiger partial charge in [-0.2, -0.15) is 4.31 Å². The Hall–Kier alpha value is -3.02. The zero-order chi connectivity index (χ0) is 30.8. The lowest BCUT2D eigenvalue weighted by molar-refractivity contribution is -0.121. The monoisotopic (exact) mass is 638 g/mol. The van der Waals surface area contributed by atoms with Crippen molar-refractivity contribution in [3.05, 3.63) is 52.3 Å². The van der Waals surface area contributed by atoms with Gasteiger partial charge in [0.2, 0.25) is 15.9 Å². The first kappa shape index (κ1) is 31.0. The molecule has 1 amide bonds. The SMILES string of the molecule is CN(C1=NCC(S(=O)(=O)N2CC(=O)N(c3cc(-c4ccccc4)sc3C(=O)O)C(C3CCCCC3)C2)=CC1)C1CCCCC1. The Kier molecular flexibility index (Phi) is 9.26. The van der Waals surface area contributed by atoms with Gasteiger partial charge in [0.15, 0.2) is 0 Å². The number of hydrogen-bond acceptors (Lipinski definition) is 7. The summed E-state index contributed by atoms with van der Waals surface area (Å²) in [5.74, 6) is -0.462. The third-order valence-electron chi connectivity index (χ3n) is 9.85. The fourth-order valence-electron chi connectivity index (χ4n) is 7.39. The predicted octanol–water partition coefficient (Wildman–Crippen LogP) is 5.99. The highest BCUT2D eigenvalue weighted by atomic mass is 32.2. The first-order chi connectivity index (χ1) is 21.2. The highest BCUT2D eigenvalue weighted by molar-refractivity contribution is 7.93. The van der Waals surface area contributed by atoms with Crippen LogP contribution < -0.4 is 4.90 Å². The summed E-state index contributed by atoms with van der Waals surface area (Å²) in [5.41, 5.74) is 1.25. The molecule has 3 fully saturated rings. The van der Waals surface area contributed by atoms with E-state index >= 15 is 0 Å². The summed E-state index contributed by atoms with van der Waals surface area (Å²) in [5, 5.41) is 10.2. The third-order valence-corrected chi connectivity index (χ3v) is 12.9. The smallest absolute Gasteiger partial charge is 0.348 e. The Labute approximate surface area is 264 Å². The molecule has 1 aromatic heterocycles. The number of hydrogen-bond donors (Lipinski definition) is 1. The van der Waals surface area contributed by atoms with E-state index in [4.69, 9.17) is 4.99 Å². The molecule has 2 aliphatic heterocycles. The zero-order valence-corrected chi connectivity index (χ0v) is 27.0. The Balaban J connectivity index is 1.27. The Bertz CT molecular complexity index is 1540. The van der Waals surface area contributed by atoms with Gasteiger partial charge in [-0.1, -0.05) is 74.9 Å². The first-order valence-corrected chi connectivity index (χ1v) is 18.2. The molecule has 6 rings (SSSR count). The van der Waals surface area contributed by atoms with E-state index in [-0.39, 0.29) is 41.2 Å². The molecule has 1 unspecified atom stereocenters. The van der Waals surface area contributed by atoms with Crippen LogP contribution in [-0.4, -0.2) is 79.2 Å². The van der Waals surface area contributed by atoms with Gasteiger partial charge in [-0.3, -0.25) is 9.79 Å². The number of thiophene rings is 1. The number of carbonyl (C=O) groups excluding carboxylic acids is 1. The van der Waals surface area contributed by atoms with E-state index < -0.39 is 22.0 Å². The van der Waals surface area contributed by atoms with E-state index in [9.17, 15) is 23.1 Å². The van der Waals surface area contributed by atoms with E-state index in [1.165, 1.54) is 23.6 Å². The van der Waals surface area contributed by atoms with E-state index in [0.717, 1.165) is 72.6 Å². The van der Waals surface area contributed by atoms with Crippen molar-refractivity contribution < 1.29 is 23.1 Å². The average Bonchev–Trinajstić information content (AvgIpc) is 3.51. The lowest BCUT2D eigenvalue weighted by Crippen LogP contribution is -2.61. The molecule has 1 aromatic carbocycles. The normalized spacial score (nSPS) is 22.9. The minimum absolute atomic E-state index is 0.0748. The maximum Gasteiger partial charge on any atom is 0.348 e. The Morgan fingerprint density at radius 2 is 1.70 bits per heavy atom. The number of dihydropyridines is 1. The van der Waals surface area contributed by atoms with Gasteiger partial charge in [-0.15, -0.1) is 11.3 Å². The summed E-state index contributed by atoms with van der Waals surface area (Å²) in [6, 6.07) is 11.3. The maximum absolute atomic E-state index is 14.0. The Morgan fingerprint density at radius 1 is 1.02 bits per heavy atom. The molecule has 2 saturated carbocycles. The fourth-order valence-corrected chi connectivity index (χ4v) is 9.87. The van der Waals surface area contributed by atoms with Crippen molar-refractivity contribution in [1.29, 1.82) is 0 Å². The van der Waals surface area contributed by atoms with Crippen molar-refractivity contribution in [1.82, 2.24) is 9.21 Å². The number of amides is 1. The van der Waals surface area contributed by atoms with Crippen molar-refractivity contribution >= 4 is 44.8 Å². The highest BCUT2D eigenvalue weighted by Gasteiger charge is 2.45. The van der Waals surface area contributed by atoms with Gasteiger partial charge >= 0.3 is 5.97 Å². The molecule has 11 heteroatoms. The summed E-state index contributed by atoms with van der Waals surface area (Å²) >= 11 is 1.15. The number of rotatable bonds is 7. The van der Waals surface area contributed by atoms with Crippen LogP contribution in [0.3, 0.4) is 0 Å². The standard InChI is InChI=1S/C33H42N4O5S2/c1-35(25-15-9-4-10-16-25)30-18-17-26(20-34-30)44(41,42)36-21-28(23-11-5-2-6-12-23)37(31(38)22-36)27-19-29(43-32(27)33(39)40)24-13-7-3-8-14-24/h3,7-8,13-14,17,19,23,25,28H,2,4-6,9-12,15-16,18,20-22H2,1H3,(H,39,40). The molecular formula is C33H42N4O5S2. The van der Waals surface area contributed by atoms with E-state index in [0.29, 0.717) is 18.2 Å². The lowest BCUT2D eigenvalue weighted by Gasteiger charge is -2.45. The van der Waals surface area contributed by atoms with E-state index in [1.54, 1.807) is 17.0 Å². The predicted molar refractivity (Wildman–Crippen MR) is 175 cm³/mol. The van der Waals surface area contributed by atoms with Gasteiger partial charge < -0.3 is 14.9 Å². The first-order valence-electron chi connectivity index (χ1n) is 15.9. The molecule has 1 atom stereocenters. The number of aromatic carboxylic acids is 1. The molecule has 236 valence electrons. The minimum Gasteiger partial charge on any atom is -0.477 e. The molecule has 1 N–H and O–H groups in total. The number of carbonyl (C=O) groups is 2. The number of carboxylic acids is 1. The largest absolute Gasteiger partial charge is 0.477 e. The fraction of sp³-hybridized carbons (Fsp3) is 0.545. The van der Waals surface area contributed by atoms with Gasteiger partial charge in [0, 0.05) is 30.9 Å². The van der Waals surface area contributed by atoms with Crippen molar-refractivity contribution in [2.75, 3.05) is 31.6 Å². The number of anilines is 1. The maximum atomic E-state index is 14.0. The van der Waals surface area contributed by atoms with Gasteiger partial charge in [0.1, 0.15) is 10.7 Å². The van der Waals surface area contributed by atoms with Crippen LogP contribution in [-0.2, 0) is 14.8 Å². The van der Waals surface area contributed by atoms with E-state index in [2.05, 4.69) is 11.9 Å². The van der Waals surface area contributed by atoms with Gasteiger partial charge in [-0.05, 0) is 43.2 Å². The summed E-state index contributed by atoms with van der Waals surface area (Å²) < 4.78 is 29.4. The molecular weight excluding hydrogens is 597 g/mol. The summed E-state index contributed by atoms with van der Waals surface area (Å²) in [4.78, 5) is 36.1. The zero-order valence-electron chi connectivity index (χ0n) is 25.4. The topological polar surface area (TPSA) is 111 Å². The minimum atomic E-state index is -3.93. The van der Waals surface area contributed by atoms with Crippen molar-refractivity contribution in [2.24, 2.45) is 10.9 Å². The molecule has 0 bridgehead atoms. The number of amidine groups is 1. The molecule has 4 aliphatic rings. The molecule has 1 saturated heterocycles. The van der Waals surface area contributed by atoms with Crippen molar-refractivity contribution in [2.45, 2.75) is 82.7 Å². The number of sulfonamides is 1. The van der Waals surface area contributed by atoms with Gasteiger partial charge in [0.25, 0.3) is 0 Å². The lowest BCUT2D eigenvalue weighted by atomic mass is 9.82. The second-order valence-electron chi connectivity index (χ2n) is 12.5. The van der Waals surface area contributed by atoms with Crippen LogP contribution in [0.1, 0.15) is 80.3 Å². The Morgan fingerprint density at radius 3 is 2.34 bits per heavy atom. The van der Waals surface area contributed by atoms with Crippen LogP contribution in [0.2, 0.25) is 0 Å². The number of carboxylic acid groups (broad SMARTS) is 1. The summed E-state index contributed by atoms with van der Waals surface area (Å²) in [6.07, 6.45) is 13.1. The molecule has 9 nitrogen and oxygen atoms in total. The van der Waals surface area contributed by atoms with Gasteiger partial charge in [-0.25, -0.2) is 13.2 Å². The molecule has 0 radical (unpaired) electrons. The van der Waals surface area contributed by atoms with E-state index in [1.807, 2.05) is 30.3 Å². The van der Waals surface area contributed by atoms with Crippen LogP contribution in [0, 0.1) is 5.92 Å². The van der Waals surface area contributed by atoms with Crippen LogP contribution in [0.25, 0.3) is 10.4 Å². The average molecular weight is 639 g/mol. The number of piperazine rings is 1. The number of aliphatic imine (C=N–C) groups is 1. The molecule has 2 aliphatic carbocycles. The summed E-state index contributed by atoms with van der Waals surface area (Å²) in [6.45, 7) is -0.105. The highest BCUT2D eigenvalue weighted by Crippen LogP contribution is 2.42. The molecule has 3 heterocycles. The summed E-state index contributed by atoms with van der Waals surface area (Å²) in [7, 11) is -1.86. The molecule has 2 aromatic rings. The van der Waals surface area contributed by atoms with Crippen LogP contribution in [0.15, 0.2) is 52.4 Å². The second-order valence-corrected chi connectivity index (χ2v) is 15.6. The quantitative estimate of drug-likeness (QED) is 0.399. The third kappa shape index (κ3) is 6.23.